The van der Waals surface area contributed by atoms with Gasteiger partial charge in [0, 0.05) is 4.90 Å². The van der Waals surface area contributed by atoms with Gasteiger partial charge in [-0.1, -0.05) is 29.4 Å². The number of aromatic nitrogens is 4. The number of hydrogen-bond donors (Lipinski definition) is 1. The summed E-state index contributed by atoms with van der Waals surface area (Å²) in [7, 11) is 1.68. The van der Waals surface area contributed by atoms with Crippen LogP contribution in [-0.4, -0.2) is 33.6 Å². The Hall–Kier alpha value is -2.54. The van der Waals surface area contributed by atoms with Gasteiger partial charge in [0.25, 0.3) is 0 Å². The number of ether oxygens (including phenoxy) is 1. The van der Waals surface area contributed by atoms with Gasteiger partial charge in [-0.3, -0.25) is 0 Å². The zero-order valence-corrected chi connectivity index (χ0v) is 14.9. The standard InChI is InChI=1S/C18H19N5OS/c1-24-14-5-3-4-13(10-14)16-11-17(23-18(19-16)20-21-22-23)12-6-8-15(25-2)9-7-12/h3-10,16-17H,11H2,1-2H3,(H,19,20,22). The quantitative estimate of drug-likeness (QED) is 0.724. The Morgan fingerprint density at radius 3 is 2.76 bits per heavy atom. The first kappa shape index (κ1) is 16.0. The molecule has 0 amide bonds. The molecule has 6 nitrogen and oxygen atoms in total. The molecular weight excluding hydrogens is 334 g/mol. The summed E-state index contributed by atoms with van der Waals surface area (Å²) >= 11 is 1.74. The van der Waals surface area contributed by atoms with E-state index in [-0.39, 0.29) is 12.1 Å². The first-order valence-electron chi connectivity index (χ1n) is 8.11. The van der Waals surface area contributed by atoms with Crippen molar-refractivity contribution in [2.75, 3.05) is 18.7 Å². The number of hydrogen-bond acceptors (Lipinski definition) is 6. The van der Waals surface area contributed by atoms with Crippen molar-refractivity contribution in [3.05, 3.63) is 59.7 Å². The molecule has 128 valence electrons. The summed E-state index contributed by atoms with van der Waals surface area (Å²) in [4.78, 5) is 1.25. The van der Waals surface area contributed by atoms with Crippen LogP contribution in [0.5, 0.6) is 5.75 Å². The normalized spacial score (nSPS) is 19.1. The highest BCUT2D eigenvalue weighted by Gasteiger charge is 2.30. The van der Waals surface area contributed by atoms with E-state index in [1.54, 1.807) is 18.9 Å². The highest BCUT2D eigenvalue weighted by atomic mass is 32.2. The van der Waals surface area contributed by atoms with E-state index in [9.17, 15) is 0 Å². The van der Waals surface area contributed by atoms with Crippen molar-refractivity contribution in [2.45, 2.75) is 23.4 Å². The van der Waals surface area contributed by atoms with E-state index in [0.717, 1.165) is 12.2 Å². The fourth-order valence-electron chi connectivity index (χ4n) is 3.22. The number of methoxy groups -OCH3 is 1. The molecule has 0 radical (unpaired) electrons. The molecule has 7 heteroatoms. The molecule has 2 heterocycles. The second kappa shape index (κ2) is 6.76. The molecule has 0 fully saturated rings. The van der Waals surface area contributed by atoms with E-state index in [4.69, 9.17) is 4.74 Å². The molecule has 1 aliphatic heterocycles. The largest absolute Gasteiger partial charge is 0.497 e. The zero-order chi connectivity index (χ0) is 17.2. The highest BCUT2D eigenvalue weighted by molar-refractivity contribution is 7.98. The lowest BCUT2D eigenvalue weighted by Gasteiger charge is -2.31. The van der Waals surface area contributed by atoms with Gasteiger partial charge in [-0.05, 0) is 58.5 Å². The van der Waals surface area contributed by atoms with Gasteiger partial charge in [0.1, 0.15) is 5.75 Å². The van der Waals surface area contributed by atoms with Crippen LogP contribution in [0.25, 0.3) is 0 Å². The van der Waals surface area contributed by atoms with Crippen LogP contribution in [0.15, 0.2) is 53.4 Å². The Kier molecular flexibility index (Phi) is 4.31. The molecule has 2 unspecified atom stereocenters. The van der Waals surface area contributed by atoms with Gasteiger partial charge in [-0.2, -0.15) is 0 Å². The maximum Gasteiger partial charge on any atom is 0.243 e. The Bertz CT molecular complexity index is 864. The van der Waals surface area contributed by atoms with Crippen LogP contribution in [0.2, 0.25) is 0 Å². The number of thioether (sulfide) groups is 1. The molecule has 0 saturated heterocycles. The lowest BCUT2D eigenvalue weighted by molar-refractivity contribution is 0.408. The lowest BCUT2D eigenvalue weighted by atomic mass is 9.93. The third-order valence-corrected chi connectivity index (χ3v) is 5.29. The van der Waals surface area contributed by atoms with E-state index in [1.807, 2.05) is 16.8 Å². The first-order chi connectivity index (χ1) is 12.3. The van der Waals surface area contributed by atoms with Crippen molar-refractivity contribution in [1.82, 2.24) is 20.2 Å². The van der Waals surface area contributed by atoms with Crippen LogP contribution in [0, 0.1) is 0 Å². The highest BCUT2D eigenvalue weighted by Crippen LogP contribution is 2.38. The molecule has 1 N–H and O–H groups in total. The minimum absolute atomic E-state index is 0.0957. The first-order valence-corrected chi connectivity index (χ1v) is 9.33. The molecule has 0 spiro atoms. The molecular formula is C18H19N5OS. The molecule has 3 aromatic rings. The smallest absolute Gasteiger partial charge is 0.243 e. The van der Waals surface area contributed by atoms with E-state index < -0.39 is 0 Å². The molecule has 1 aliphatic rings. The minimum atomic E-state index is 0.0957. The van der Waals surface area contributed by atoms with Gasteiger partial charge in [-0.15, -0.1) is 11.8 Å². The summed E-state index contributed by atoms with van der Waals surface area (Å²) in [6, 6.07) is 17.0. The van der Waals surface area contributed by atoms with E-state index in [1.165, 1.54) is 16.0 Å². The molecule has 0 saturated carbocycles. The number of rotatable bonds is 4. The van der Waals surface area contributed by atoms with Gasteiger partial charge in [0.05, 0.1) is 19.2 Å². The Balaban J connectivity index is 1.69. The van der Waals surface area contributed by atoms with Crippen molar-refractivity contribution < 1.29 is 4.74 Å². The van der Waals surface area contributed by atoms with Crippen molar-refractivity contribution in [3.63, 3.8) is 0 Å². The van der Waals surface area contributed by atoms with Gasteiger partial charge in [0.15, 0.2) is 0 Å². The summed E-state index contributed by atoms with van der Waals surface area (Å²) in [5, 5.41) is 15.6. The van der Waals surface area contributed by atoms with Crippen LogP contribution in [0.4, 0.5) is 5.95 Å². The number of benzene rings is 2. The summed E-state index contributed by atoms with van der Waals surface area (Å²) in [5.74, 6) is 1.54. The van der Waals surface area contributed by atoms with Gasteiger partial charge >= 0.3 is 0 Å². The van der Waals surface area contributed by atoms with Gasteiger partial charge < -0.3 is 10.1 Å². The lowest BCUT2D eigenvalue weighted by Crippen LogP contribution is -2.28. The van der Waals surface area contributed by atoms with Crippen molar-refractivity contribution in [3.8, 4) is 5.75 Å². The Morgan fingerprint density at radius 1 is 1.16 bits per heavy atom. The average Bonchev–Trinajstić information content (AvgIpc) is 3.16. The van der Waals surface area contributed by atoms with Crippen LogP contribution < -0.4 is 10.1 Å². The zero-order valence-electron chi connectivity index (χ0n) is 14.1. The molecule has 2 atom stereocenters. The van der Waals surface area contributed by atoms with Crippen LogP contribution in [0.1, 0.15) is 29.6 Å². The third kappa shape index (κ3) is 3.07. The van der Waals surface area contributed by atoms with E-state index >= 15 is 0 Å². The molecule has 1 aromatic heterocycles. The topological polar surface area (TPSA) is 64.9 Å². The molecule has 4 rings (SSSR count). The predicted octanol–water partition coefficient (Wildman–Crippen LogP) is 3.55. The fraction of sp³-hybridized carbons (Fsp3) is 0.278. The van der Waals surface area contributed by atoms with Crippen LogP contribution in [0.3, 0.4) is 0 Å². The molecule has 0 bridgehead atoms. The number of anilines is 1. The minimum Gasteiger partial charge on any atom is -0.497 e. The van der Waals surface area contributed by atoms with Crippen molar-refractivity contribution in [1.29, 1.82) is 0 Å². The number of tetrazole rings is 1. The number of nitrogens with one attached hydrogen (secondary N) is 1. The van der Waals surface area contributed by atoms with E-state index in [2.05, 4.69) is 63.5 Å². The number of fused-ring (bicyclic) bond motifs is 1. The maximum atomic E-state index is 5.36. The van der Waals surface area contributed by atoms with Gasteiger partial charge in [-0.25, -0.2) is 4.68 Å². The van der Waals surface area contributed by atoms with Crippen molar-refractivity contribution >= 4 is 17.7 Å². The summed E-state index contributed by atoms with van der Waals surface area (Å²) in [6.45, 7) is 0. The Labute approximate surface area is 150 Å². The SMILES string of the molecule is COc1cccc(C2CC(c3ccc(SC)cc3)n3nnnc3N2)c1. The Morgan fingerprint density at radius 2 is 2.00 bits per heavy atom. The average molecular weight is 353 g/mol. The van der Waals surface area contributed by atoms with Gasteiger partial charge in [0.2, 0.25) is 5.95 Å². The summed E-state index contributed by atoms with van der Waals surface area (Å²) in [5.41, 5.74) is 2.38. The predicted molar refractivity (Wildman–Crippen MR) is 98.2 cm³/mol. The molecule has 25 heavy (non-hydrogen) atoms. The summed E-state index contributed by atoms with van der Waals surface area (Å²) < 4.78 is 7.23. The van der Waals surface area contributed by atoms with Crippen LogP contribution in [-0.2, 0) is 0 Å². The second-order valence-corrected chi connectivity index (χ2v) is 6.82. The third-order valence-electron chi connectivity index (χ3n) is 4.55. The maximum absolute atomic E-state index is 5.36. The van der Waals surface area contributed by atoms with E-state index in [0.29, 0.717) is 5.95 Å². The molecule has 0 aliphatic carbocycles. The molecule has 2 aromatic carbocycles. The number of nitrogens with zero attached hydrogens (tertiary/aromatic N) is 4. The monoisotopic (exact) mass is 353 g/mol. The fourth-order valence-corrected chi connectivity index (χ4v) is 3.63. The summed E-state index contributed by atoms with van der Waals surface area (Å²) in [6.07, 6.45) is 2.95. The second-order valence-electron chi connectivity index (χ2n) is 5.95. The van der Waals surface area contributed by atoms with Crippen molar-refractivity contribution in [2.24, 2.45) is 0 Å². The van der Waals surface area contributed by atoms with Crippen LogP contribution >= 0.6 is 11.8 Å².